The molecular weight excluding hydrogens is 540 g/mol. The van der Waals surface area contributed by atoms with Gasteiger partial charge < -0.3 is 10.1 Å². The van der Waals surface area contributed by atoms with E-state index >= 15 is 0 Å². The molecule has 0 saturated carbocycles. The Hall–Kier alpha value is -3.39. The third kappa shape index (κ3) is 6.01. The molecule has 0 aromatic heterocycles. The second-order valence-electron chi connectivity index (χ2n) is 8.83. The highest BCUT2D eigenvalue weighted by Crippen LogP contribution is 2.37. The van der Waals surface area contributed by atoms with Gasteiger partial charge in [-0.15, -0.1) is 0 Å². The molecule has 7 nitrogen and oxygen atoms in total. The van der Waals surface area contributed by atoms with Crippen LogP contribution in [0.2, 0.25) is 0 Å². The molecule has 2 atom stereocenters. The van der Waals surface area contributed by atoms with Crippen molar-refractivity contribution in [2.75, 3.05) is 19.5 Å². The van der Waals surface area contributed by atoms with Crippen molar-refractivity contribution in [3.63, 3.8) is 0 Å². The molecule has 2 aromatic rings. The zero-order chi connectivity index (χ0) is 27.9. The normalized spacial score (nSPS) is 22.4. The fourth-order valence-corrected chi connectivity index (χ4v) is 4.84. The van der Waals surface area contributed by atoms with Gasteiger partial charge in [-0.25, -0.2) is 8.42 Å². The van der Waals surface area contributed by atoms with Gasteiger partial charge in [0.1, 0.15) is 0 Å². The lowest BCUT2D eigenvalue weighted by molar-refractivity contribution is -0.488. The van der Waals surface area contributed by atoms with Crippen LogP contribution in [0.15, 0.2) is 66.1 Å². The maximum atomic E-state index is 13.9. The van der Waals surface area contributed by atoms with Crippen molar-refractivity contribution < 1.29 is 44.3 Å². The summed E-state index contributed by atoms with van der Waals surface area (Å²) in [5.74, 6) is -0.0867. The van der Waals surface area contributed by atoms with Gasteiger partial charge in [0, 0.05) is 35.0 Å². The van der Waals surface area contributed by atoms with Crippen molar-refractivity contribution in [2.24, 2.45) is 0 Å². The number of rotatable bonds is 4. The SMILES string of the molecule is CS(=O)(=O)C1/C=C(/c2ccccc2)[N+](=O)C(Cc2cc(C(F)(F)F)cc(C(F)(F)F)c2)C2=C(NCNC2)O1. The predicted molar refractivity (Wildman–Crippen MR) is 125 cm³/mol. The average molecular weight is 563 g/mol. The van der Waals surface area contributed by atoms with Gasteiger partial charge in [-0.1, -0.05) is 18.2 Å². The molecule has 38 heavy (non-hydrogen) atoms. The van der Waals surface area contributed by atoms with Crippen molar-refractivity contribution in [1.82, 2.24) is 10.6 Å². The summed E-state index contributed by atoms with van der Waals surface area (Å²) in [4.78, 5) is 13.9. The minimum atomic E-state index is -5.06. The van der Waals surface area contributed by atoms with Crippen LogP contribution in [0.25, 0.3) is 5.70 Å². The zero-order valence-corrected chi connectivity index (χ0v) is 20.5. The standard InChI is InChI=1S/C24H22F6N3O4S/c1-38(35,36)21-11-19(15-5-3-2-4-6-15)33(34)20(18-12-31-13-32-22(18)37-21)9-14-7-16(23(25,26)27)10-17(8-14)24(28,29)30/h2-8,10-11,20-21,31-32H,9,12-13H2,1H3/q+1/b19-11-. The summed E-state index contributed by atoms with van der Waals surface area (Å²) in [6, 6.07) is 7.68. The molecule has 2 N–H and O–H groups in total. The molecule has 4 rings (SSSR count). The summed E-state index contributed by atoms with van der Waals surface area (Å²) in [6.45, 7) is 0.0906. The van der Waals surface area contributed by atoms with Crippen LogP contribution in [0.4, 0.5) is 26.3 Å². The lowest BCUT2D eigenvalue weighted by Crippen LogP contribution is -2.46. The average Bonchev–Trinajstić information content (AvgIpc) is 2.83. The van der Waals surface area contributed by atoms with Crippen LogP contribution >= 0.6 is 0 Å². The van der Waals surface area contributed by atoms with Crippen LogP contribution in [0, 0.1) is 4.91 Å². The van der Waals surface area contributed by atoms with Crippen molar-refractivity contribution in [1.29, 1.82) is 0 Å². The van der Waals surface area contributed by atoms with E-state index in [0.29, 0.717) is 16.9 Å². The number of halogens is 6. The Bertz CT molecular complexity index is 1370. The molecule has 0 fully saturated rings. The Morgan fingerprint density at radius 2 is 1.61 bits per heavy atom. The molecule has 2 aliphatic heterocycles. The molecule has 0 amide bonds. The molecule has 0 radical (unpaired) electrons. The molecule has 2 heterocycles. The molecule has 2 aliphatic rings. The molecule has 0 aliphatic carbocycles. The first kappa shape index (κ1) is 27.6. The third-order valence-corrected chi connectivity index (χ3v) is 7.08. The first-order valence-corrected chi connectivity index (χ1v) is 13.1. The third-order valence-electron chi connectivity index (χ3n) is 6.00. The van der Waals surface area contributed by atoms with Crippen LogP contribution in [0.1, 0.15) is 22.3 Å². The number of sulfone groups is 1. The fourth-order valence-electron chi connectivity index (χ4n) is 4.19. The highest BCUT2D eigenvalue weighted by molar-refractivity contribution is 7.91. The minimum Gasteiger partial charge on any atom is -0.455 e. The maximum Gasteiger partial charge on any atom is 0.416 e. The Kier molecular flexibility index (Phi) is 7.32. The second-order valence-corrected chi connectivity index (χ2v) is 11.0. The number of nitrogens with one attached hydrogen (secondary N) is 2. The number of nitrogens with zero attached hydrogens (tertiary/aromatic N) is 1. The van der Waals surface area contributed by atoms with Crippen LogP contribution < -0.4 is 10.6 Å². The zero-order valence-electron chi connectivity index (χ0n) is 19.7. The van der Waals surface area contributed by atoms with E-state index in [1.54, 1.807) is 18.2 Å². The summed E-state index contributed by atoms with van der Waals surface area (Å²) in [7, 11) is -3.91. The van der Waals surface area contributed by atoms with E-state index in [4.69, 9.17) is 4.74 Å². The van der Waals surface area contributed by atoms with Crippen LogP contribution in [0.3, 0.4) is 0 Å². The highest BCUT2D eigenvalue weighted by Gasteiger charge is 2.43. The molecule has 2 unspecified atom stereocenters. The van der Waals surface area contributed by atoms with Gasteiger partial charge in [-0.3, -0.25) is 5.32 Å². The number of hydrogen-bond donors (Lipinski definition) is 2. The largest absolute Gasteiger partial charge is 0.455 e. The lowest BCUT2D eigenvalue weighted by Gasteiger charge is -2.29. The molecule has 14 heteroatoms. The number of benzene rings is 2. The van der Waals surface area contributed by atoms with Crippen LogP contribution in [-0.2, 0) is 33.3 Å². The van der Waals surface area contributed by atoms with Gasteiger partial charge >= 0.3 is 12.4 Å². The Morgan fingerprint density at radius 3 is 2.16 bits per heavy atom. The summed E-state index contributed by atoms with van der Waals surface area (Å²) in [5.41, 5.74) is -4.72. The summed E-state index contributed by atoms with van der Waals surface area (Å²) in [6.07, 6.45) is -8.70. The van der Waals surface area contributed by atoms with Gasteiger partial charge in [-0.2, -0.15) is 26.3 Å². The Balaban J connectivity index is 1.89. The Morgan fingerprint density at radius 1 is 1.00 bits per heavy atom. The molecule has 204 valence electrons. The monoisotopic (exact) mass is 562 g/mol. The lowest BCUT2D eigenvalue weighted by atomic mass is 9.94. The molecule has 0 spiro atoms. The van der Waals surface area contributed by atoms with Crippen LogP contribution in [0.5, 0.6) is 0 Å². The first-order chi connectivity index (χ1) is 17.6. The molecule has 0 saturated heterocycles. The minimum absolute atomic E-state index is 0.0140. The van der Waals surface area contributed by atoms with E-state index in [1.165, 1.54) is 12.1 Å². The van der Waals surface area contributed by atoms with Crippen molar-refractivity contribution >= 4 is 15.5 Å². The van der Waals surface area contributed by atoms with Gasteiger partial charge in [0.15, 0.2) is 15.7 Å². The fraction of sp³-hybridized carbons (Fsp3) is 0.333. The second kappa shape index (κ2) is 10.1. The number of ether oxygens (including phenoxy) is 1. The van der Waals surface area contributed by atoms with Gasteiger partial charge in [-0.05, 0) is 35.9 Å². The number of nitroso groups, excluding NO2 is 1. The van der Waals surface area contributed by atoms with Crippen LogP contribution in [-0.4, -0.2) is 44.1 Å². The van der Waals surface area contributed by atoms with E-state index < -0.39 is 51.2 Å². The van der Waals surface area contributed by atoms with Gasteiger partial charge in [0.05, 0.1) is 28.9 Å². The smallest absolute Gasteiger partial charge is 0.416 e. The molecule has 0 bridgehead atoms. The summed E-state index contributed by atoms with van der Waals surface area (Å²) in [5, 5.41) is 5.68. The first-order valence-electron chi connectivity index (χ1n) is 11.2. The van der Waals surface area contributed by atoms with Crippen molar-refractivity contribution in [3.8, 4) is 0 Å². The van der Waals surface area contributed by atoms with E-state index in [2.05, 4.69) is 10.6 Å². The predicted octanol–water partition coefficient (Wildman–Crippen LogP) is 4.22. The summed E-state index contributed by atoms with van der Waals surface area (Å²) >= 11 is 0. The van der Waals surface area contributed by atoms with E-state index in [0.717, 1.165) is 12.3 Å². The molecular formula is C24H22F6N3O4S+. The number of hydrogen-bond acceptors (Lipinski definition) is 6. The maximum absolute atomic E-state index is 13.9. The van der Waals surface area contributed by atoms with E-state index in [9.17, 15) is 39.7 Å². The molecule has 2 aromatic carbocycles. The van der Waals surface area contributed by atoms with Gasteiger partial charge in [0.25, 0.3) is 5.70 Å². The van der Waals surface area contributed by atoms with E-state index in [1.807, 2.05) is 0 Å². The quantitative estimate of drug-likeness (QED) is 0.429. The number of alkyl halides is 6. The summed E-state index contributed by atoms with van der Waals surface area (Å²) < 4.78 is 112. The van der Waals surface area contributed by atoms with E-state index in [-0.39, 0.29) is 47.6 Å². The Labute approximate surface area is 213 Å². The topological polar surface area (TPSA) is 87.5 Å². The van der Waals surface area contributed by atoms with Crippen molar-refractivity contribution in [3.05, 3.63) is 93.2 Å². The van der Waals surface area contributed by atoms with Gasteiger partial charge in [0.2, 0.25) is 11.5 Å². The van der Waals surface area contributed by atoms with Crippen molar-refractivity contribution in [2.45, 2.75) is 30.3 Å². The highest BCUT2D eigenvalue weighted by atomic mass is 32.2.